The molecule has 86 valence electrons. The molecule has 1 aliphatic carbocycles. The summed E-state index contributed by atoms with van der Waals surface area (Å²) in [5.41, 5.74) is 1.28. The van der Waals surface area contributed by atoms with Gasteiger partial charge in [0.15, 0.2) is 0 Å². The Hall–Kier alpha value is -1.08. The number of hydrogen-bond acceptors (Lipinski definition) is 1. The first-order chi connectivity index (χ1) is 7.86. The lowest BCUT2D eigenvalue weighted by Crippen LogP contribution is -2.22. The minimum atomic E-state index is 0.852. The molecule has 1 aliphatic rings. The minimum absolute atomic E-state index is 0.852. The van der Waals surface area contributed by atoms with Gasteiger partial charge in [0.2, 0.25) is 0 Å². The summed E-state index contributed by atoms with van der Waals surface area (Å²) in [4.78, 5) is 0. The van der Waals surface area contributed by atoms with Crippen molar-refractivity contribution in [1.29, 1.82) is 0 Å². The van der Waals surface area contributed by atoms with Gasteiger partial charge in [-0.05, 0) is 36.8 Å². The van der Waals surface area contributed by atoms with Crippen LogP contribution >= 0.6 is 0 Å². The summed E-state index contributed by atoms with van der Waals surface area (Å²) in [5.74, 6) is 1.86. The van der Waals surface area contributed by atoms with Crippen LogP contribution in [0.15, 0.2) is 36.4 Å². The zero-order valence-corrected chi connectivity index (χ0v) is 10.0. The molecule has 0 amide bonds. The standard InChI is InChI=1S/C15H21N/c1-13(15-9-10-15)12-16-11-5-8-14-6-3-2-4-7-14/h2-8,13,15-16H,9-12H2,1H3/b8-5+. The van der Waals surface area contributed by atoms with E-state index in [0.29, 0.717) is 0 Å². The molecule has 1 heteroatoms. The summed E-state index contributed by atoms with van der Waals surface area (Å²) < 4.78 is 0. The average molecular weight is 215 g/mol. The normalized spacial score (nSPS) is 17.8. The first kappa shape index (κ1) is 11.4. The van der Waals surface area contributed by atoms with E-state index in [-0.39, 0.29) is 0 Å². The molecule has 1 aromatic rings. The van der Waals surface area contributed by atoms with Gasteiger partial charge in [0.05, 0.1) is 0 Å². The molecule has 1 saturated carbocycles. The van der Waals surface area contributed by atoms with E-state index >= 15 is 0 Å². The van der Waals surface area contributed by atoms with E-state index in [0.717, 1.165) is 24.9 Å². The molecule has 1 atom stereocenters. The maximum Gasteiger partial charge on any atom is 0.0138 e. The highest BCUT2D eigenvalue weighted by atomic mass is 14.8. The molecule has 1 unspecified atom stereocenters. The van der Waals surface area contributed by atoms with Crippen molar-refractivity contribution in [3.8, 4) is 0 Å². The van der Waals surface area contributed by atoms with Crippen molar-refractivity contribution in [2.45, 2.75) is 19.8 Å². The summed E-state index contributed by atoms with van der Waals surface area (Å²) >= 11 is 0. The van der Waals surface area contributed by atoms with Crippen LogP contribution in [-0.2, 0) is 0 Å². The maximum absolute atomic E-state index is 3.49. The van der Waals surface area contributed by atoms with Gasteiger partial charge >= 0.3 is 0 Å². The second kappa shape index (κ2) is 5.86. The number of rotatable bonds is 6. The van der Waals surface area contributed by atoms with Crippen molar-refractivity contribution in [3.63, 3.8) is 0 Å². The molecule has 0 radical (unpaired) electrons. The third-order valence-corrected chi connectivity index (χ3v) is 3.27. The lowest BCUT2D eigenvalue weighted by Gasteiger charge is -2.09. The number of benzene rings is 1. The fourth-order valence-corrected chi connectivity index (χ4v) is 1.99. The van der Waals surface area contributed by atoms with Crippen LogP contribution < -0.4 is 5.32 Å². The Balaban J connectivity index is 1.62. The summed E-state index contributed by atoms with van der Waals surface area (Å²) in [5, 5.41) is 3.49. The molecule has 0 spiro atoms. The van der Waals surface area contributed by atoms with E-state index in [4.69, 9.17) is 0 Å². The maximum atomic E-state index is 3.49. The molecule has 1 nitrogen and oxygen atoms in total. The van der Waals surface area contributed by atoms with E-state index in [9.17, 15) is 0 Å². The SMILES string of the molecule is CC(CNC/C=C/c1ccccc1)C1CC1. The third-order valence-electron chi connectivity index (χ3n) is 3.27. The Bertz CT molecular complexity index is 325. The van der Waals surface area contributed by atoms with E-state index in [2.05, 4.69) is 48.7 Å². The molecule has 1 fully saturated rings. The predicted octanol–water partition coefficient (Wildman–Crippen LogP) is 3.34. The van der Waals surface area contributed by atoms with Gasteiger partial charge in [0.1, 0.15) is 0 Å². The van der Waals surface area contributed by atoms with Gasteiger partial charge < -0.3 is 5.32 Å². The monoisotopic (exact) mass is 215 g/mol. The largest absolute Gasteiger partial charge is 0.313 e. The van der Waals surface area contributed by atoms with Crippen LogP contribution in [0.5, 0.6) is 0 Å². The molecular formula is C15H21N. The summed E-state index contributed by atoms with van der Waals surface area (Å²) in [6.07, 6.45) is 7.27. The highest BCUT2D eigenvalue weighted by Crippen LogP contribution is 2.35. The topological polar surface area (TPSA) is 12.0 Å². The van der Waals surface area contributed by atoms with E-state index in [1.165, 1.54) is 18.4 Å². The Kier molecular flexibility index (Phi) is 4.17. The molecule has 0 aromatic heterocycles. The quantitative estimate of drug-likeness (QED) is 0.718. The molecule has 1 N–H and O–H groups in total. The van der Waals surface area contributed by atoms with Crippen LogP contribution in [0.4, 0.5) is 0 Å². The van der Waals surface area contributed by atoms with Crippen LogP contribution in [0.2, 0.25) is 0 Å². The van der Waals surface area contributed by atoms with Gasteiger partial charge in [-0.2, -0.15) is 0 Å². The van der Waals surface area contributed by atoms with E-state index < -0.39 is 0 Å². The van der Waals surface area contributed by atoms with Gasteiger partial charge in [0, 0.05) is 6.54 Å². The summed E-state index contributed by atoms with van der Waals surface area (Å²) in [6, 6.07) is 10.4. The molecule has 1 aromatic carbocycles. The molecule has 0 aliphatic heterocycles. The summed E-state index contributed by atoms with van der Waals surface area (Å²) in [6.45, 7) is 4.49. The Labute approximate surface area is 98.6 Å². The Morgan fingerprint density at radius 1 is 1.31 bits per heavy atom. The van der Waals surface area contributed by atoms with Gasteiger partial charge in [-0.1, -0.05) is 49.4 Å². The molecule has 2 rings (SSSR count). The van der Waals surface area contributed by atoms with Crippen molar-refractivity contribution < 1.29 is 0 Å². The van der Waals surface area contributed by atoms with Crippen molar-refractivity contribution in [1.82, 2.24) is 5.32 Å². The number of hydrogen-bond donors (Lipinski definition) is 1. The highest BCUT2D eigenvalue weighted by Gasteiger charge is 2.26. The van der Waals surface area contributed by atoms with Gasteiger partial charge in [-0.15, -0.1) is 0 Å². The fraction of sp³-hybridized carbons (Fsp3) is 0.467. The van der Waals surface area contributed by atoms with Gasteiger partial charge in [-0.3, -0.25) is 0 Å². The first-order valence-electron chi connectivity index (χ1n) is 6.28. The Morgan fingerprint density at radius 2 is 2.06 bits per heavy atom. The number of nitrogens with one attached hydrogen (secondary N) is 1. The first-order valence-corrected chi connectivity index (χ1v) is 6.28. The van der Waals surface area contributed by atoms with Crippen LogP contribution in [0, 0.1) is 11.8 Å². The van der Waals surface area contributed by atoms with E-state index in [1.807, 2.05) is 6.07 Å². The van der Waals surface area contributed by atoms with Crippen LogP contribution in [0.3, 0.4) is 0 Å². The zero-order chi connectivity index (χ0) is 11.2. The highest BCUT2D eigenvalue weighted by molar-refractivity contribution is 5.48. The van der Waals surface area contributed by atoms with Crippen molar-refractivity contribution in [2.24, 2.45) is 11.8 Å². The second-order valence-electron chi connectivity index (χ2n) is 4.79. The van der Waals surface area contributed by atoms with Crippen molar-refractivity contribution in [3.05, 3.63) is 42.0 Å². The second-order valence-corrected chi connectivity index (χ2v) is 4.79. The minimum Gasteiger partial charge on any atom is -0.313 e. The Morgan fingerprint density at radius 3 is 2.75 bits per heavy atom. The zero-order valence-electron chi connectivity index (χ0n) is 10.0. The molecule has 16 heavy (non-hydrogen) atoms. The molecule has 0 saturated heterocycles. The predicted molar refractivity (Wildman–Crippen MR) is 70.2 cm³/mol. The fourth-order valence-electron chi connectivity index (χ4n) is 1.99. The summed E-state index contributed by atoms with van der Waals surface area (Å²) in [7, 11) is 0. The van der Waals surface area contributed by atoms with Gasteiger partial charge in [0.25, 0.3) is 0 Å². The van der Waals surface area contributed by atoms with Crippen molar-refractivity contribution >= 4 is 6.08 Å². The lowest BCUT2D eigenvalue weighted by atomic mass is 10.1. The van der Waals surface area contributed by atoms with E-state index in [1.54, 1.807) is 0 Å². The molecule has 0 bridgehead atoms. The molecular weight excluding hydrogens is 194 g/mol. The molecule has 0 heterocycles. The smallest absolute Gasteiger partial charge is 0.0138 e. The third kappa shape index (κ3) is 3.82. The average Bonchev–Trinajstić information content (AvgIpc) is 3.13. The van der Waals surface area contributed by atoms with Crippen molar-refractivity contribution in [2.75, 3.05) is 13.1 Å². The van der Waals surface area contributed by atoms with Crippen LogP contribution in [0.1, 0.15) is 25.3 Å². The lowest BCUT2D eigenvalue weighted by molar-refractivity contribution is 0.474. The van der Waals surface area contributed by atoms with Crippen LogP contribution in [0.25, 0.3) is 6.08 Å². The van der Waals surface area contributed by atoms with Gasteiger partial charge in [-0.25, -0.2) is 0 Å². The van der Waals surface area contributed by atoms with Crippen LogP contribution in [-0.4, -0.2) is 13.1 Å².